The lowest BCUT2D eigenvalue weighted by molar-refractivity contribution is 0.306. The molecule has 1 heterocycles. The molecular weight excluding hydrogens is 408 g/mol. The van der Waals surface area contributed by atoms with Crippen LogP contribution < -0.4 is 15.4 Å². The maximum atomic E-state index is 5.98. The average molecular weight is 435 g/mol. The second kappa shape index (κ2) is 9.23. The molecule has 1 aliphatic rings. The Labute approximate surface area is 189 Å². The van der Waals surface area contributed by atoms with Gasteiger partial charge in [-0.1, -0.05) is 54.6 Å². The first kappa shape index (κ1) is 22.4. The molecule has 0 aromatic heterocycles. The van der Waals surface area contributed by atoms with Gasteiger partial charge in [0.15, 0.2) is 0 Å². The van der Waals surface area contributed by atoms with Crippen LogP contribution in [0.15, 0.2) is 88.8 Å². The fourth-order valence-electron chi connectivity index (χ4n) is 3.75. The van der Waals surface area contributed by atoms with E-state index in [1.807, 2.05) is 51.1 Å². The van der Waals surface area contributed by atoms with E-state index in [0.29, 0.717) is 12.6 Å². The molecule has 0 amide bonds. The Bertz CT molecular complexity index is 1070. The van der Waals surface area contributed by atoms with Gasteiger partial charge in [-0.3, -0.25) is 0 Å². The number of nitrogens with two attached hydrogens (primary N) is 1. The molecule has 0 aliphatic carbocycles. The van der Waals surface area contributed by atoms with E-state index in [9.17, 15) is 0 Å². The van der Waals surface area contributed by atoms with Crippen molar-refractivity contribution in [3.63, 3.8) is 0 Å². The Hall–Kier alpha value is -3.31. The number of amidine groups is 1. The van der Waals surface area contributed by atoms with Crippen LogP contribution in [0.4, 0.5) is 5.69 Å². The first-order valence-electron chi connectivity index (χ1n) is 10.0. The highest BCUT2D eigenvalue weighted by molar-refractivity contribution is 6.06. The summed E-state index contributed by atoms with van der Waals surface area (Å²) in [7, 11) is 0. The predicted octanol–water partition coefficient (Wildman–Crippen LogP) is 5.64. The summed E-state index contributed by atoms with van der Waals surface area (Å²) in [6.45, 7) is 6.49. The average Bonchev–Trinajstić information content (AvgIpc) is 2.73. The number of halogens is 1. The number of hydrogen-bond acceptors (Lipinski definition) is 5. The number of anilines is 1. The molecule has 6 heteroatoms. The largest absolute Gasteiger partial charge is 0.489 e. The molecule has 5 nitrogen and oxygen atoms in total. The van der Waals surface area contributed by atoms with Crippen molar-refractivity contribution in [2.75, 3.05) is 4.90 Å². The van der Waals surface area contributed by atoms with E-state index in [-0.39, 0.29) is 12.4 Å². The highest BCUT2D eigenvalue weighted by Gasteiger charge is 2.32. The van der Waals surface area contributed by atoms with Crippen LogP contribution in [0.2, 0.25) is 0 Å². The van der Waals surface area contributed by atoms with Gasteiger partial charge in [0.05, 0.1) is 0 Å². The second-order valence-corrected chi connectivity index (χ2v) is 7.80. The summed E-state index contributed by atoms with van der Waals surface area (Å²) in [5.74, 6) is 1.95. The predicted molar refractivity (Wildman–Crippen MR) is 131 cm³/mol. The van der Waals surface area contributed by atoms with Crippen LogP contribution in [-0.2, 0) is 6.61 Å². The summed E-state index contributed by atoms with van der Waals surface area (Å²) in [6, 6.07) is 26.8. The van der Waals surface area contributed by atoms with Crippen molar-refractivity contribution in [1.82, 2.24) is 0 Å². The fraction of sp³-hybridized carbons (Fsp3) is 0.200. The van der Waals surface area contributed by atoms with Crippen molar-refractivity contribution in [3.05, 3.63) is 84.4 Å². The molecule has 0 unspecified atom stereocenters. The highest BCUT2D eigenvalue weighted by Crippen LogP contribution is 2.30. The van der Waals surface area contributed by atoms with Gasteiger partial charge < -0.3 is 15.4 Å². The van der Waals surface area contributed by atoms with E-state index in [4.69, 9.17) is 10.5 Å². The smallest absolute Gasteiger partial charge is 0.219 e. The van der Waals surface area contributed by atoms with Gasteiger partial charge in [-0.2, -0.15) is 0 Å². The van der Waals surface area contributed by atoms with Crippen LogP contribution in [-0.4, -0.2) is 17.5 Å². The number of benzene rings is 3. The molecule has 3 aromatic rings. The third kappa shape index (κ3) is 5.06. The summed E-state index contributed by atoms with van der Waals surface area (Å²) >= 11 is 0. The van der Waals surface area contributed by atoms with Crippen LogP contribution in [0, 0.1) is 0 Å². The van der Waals surface area contributed by atoms with Gasteiger partial charge in [-0.25, -0.2) is 9.98 Å². The lowest BCUT2D eigenvalue weighted by Gasteiger charge is -2.39. The molecule has 0 bridgehead atoms. The van der Waals surface area contributed by atoms with Gasteiger partial charge in [-0.15, -0.1) is 12.4 Å². The van der Waals surface area contributed by atoms with Gasteiger partial charge >= 0.3 is 0 Å². The fourth-order valence-corrected chi connectivity index (χ4v) is 3.75. The SMILES string of the molecule is CC1=NC(N)=NC(C)(C)N1c1ccc(OCc2ccc(-c3ccccc3)cc2)cc1.Cl. The molecule has 4 rings (SSSR count). The van der Waals surface area contributed by atoms with Crippen LogP contribution in [0.5, 0.6) is 5.75 Å². The normalized spacial score (nSPS) is 14.9. The van der Waals surface area contributed by atoms with Gasteiger partial charge in [0.2, 0.25) is 5.96 Å². The van der Waals surface area contributed by atoms with Gasteiger partial charge in [-0.05, 0) is 61.7 Å². The monoisotopic (exact) mass is 434 g/mol. The topological polar surface area (TPSA) is 63.2 Å². The summed E-state index contributed by atoms with van der Waals surface area (Å²) < 4.78 is 5.98. The van der Waals surface area contributed by atoms with E-state index in [1.54, 1.807) is 0 Å². The van der Waals surface area contributed by atoms with Gasteiger partial charge in [0.1, 0.15) is 23.9 Å². The van der Waals surface area contributed by atoms with Crippen molar-refractivity contribution in [2.24, 2.45) is 15.7 Å². The summed E-state index contributed by atoms with van der Waals surface area (Å²) in [5.41, 5.74) is 9.87. The summed E-state index contributed by atoms with van der Waals surface area (Å²) in [6.07, 6.45) is 0. The maximum absolute atomic E-state index is 5.98. The lowest BCUT2D eigenvalue weighted by Crippen LogP contribution is -2.50. The standard InChI is InChI=1S/C25H26N4O.ClH/c1-18-27-24(26)28-25(2,3)29(18)22-13-15-23(16-14-22)30-17-19-9-11-21(12-10-19)20-7-5-4-6-8-20;/h4-16H,17H2,1-3H3,(H2,26,28);1H. The molecule has 3 aromatic carbocycles. The maximum Gasteiger partial charge on any atom is 0.219 e. The van der Waals surface area contributed by atoms with E-state index in [0.717, 1.165) is 22.8 Å². The number of aliphatic imine (C=N–C) groups is 2. The number of rotatable bonds is 5. The van der Waals surface area contributed by atoms with E-state index in [1.165, 1.54) is 11.1 Å². The van der Waals surface area contributed by atoms with Crippen LogP contribution in [0.25, 0.3) is 11.1 Å². The van der Waals surface area contributed by atoms with Crippen LogP contribution >= 0.6 is 12.4 Å². The zero-order valence-electron chi connectivity index (χ0n) is 17.9. The Morgan fingerprint density at radius 1 is 0.871 bits per heavy atom. The van der Waals surface area contributed by atoms with Crippen LogP contribution in [0.1, 0.15) is 26.3 Å². The Morgan fingerprint density at radius 3 is 2.10 bits per heavy atom. The molecule has 1 aliphatic heterocycles. The molecule has 0 atom stereocenters. The first-order valence-corrected chi connectivity index (χ1v) is 10.0. The molecule has 160 valence electrons. The van der Waals surface area contributed by atoms with Crippen LogP contribution in [0.3, 0.4) is 0 Å². The minimum absolute atomic E-state index is 0. The molecule has 2 N–H and O–H groups in total. The van der Waals surface area contributed by atoms with Crippen molar-refractivity contribution in [3.8, 4) is 16.9 Å². The van der Waals surface area contributed by atoms with Crippen molar-refractivity contribution in [1.29, 1.82) is 0 Å². The minimum atomic E-state index is -0.487. The third-order valence-corrected chi connectivity index (χ3v) is 5.10. The molecule has 0 radical (unpaired) electrons. The van der Waals surface area contributed by atoms with Crippen molar-refractivity contribution < 1.29 is 4.74 Å². The van der Waals surface area contributed by atoms with Crippen molar-refractivity contribution >= 4 is 29.9 Å². The van der Waals surface area contributed by atoms with Gasteiger partial charge in [0, 0.05) is 5.69 Å². The zero-order chi connectivity index (χ0) is 21.1. The van der Waals surface area contributed by atoms with E-state index >= 15 is 0 Å². The summed E-state index contributed by atoms with van der Waals surface area (Å²) in [4.78, 5) is 10.8. The quantitative estimate of drug-likeness (QED) is 0.564. The first-order chi connectivity index (χ1) is 14.4. The minimum Gasteiger partial charge on any atom is -0.489 e. The second-order valence-electron chi connectivity index (χ2n) is 7.80. The summed E-state index contributed by atoms with van der Waals surface area (Å²) in [5, 5.41) is 0. The van der Waals surface area contributed by atoms with Crippen molar-refractivity contribution in [2.45, 2.75) is 33.0 Å². The zero-order valence-corrected chi connectivity index (χ0v) is 18.8. The number of hydrogen-bond donors (Lipinski definition) is 1. The molecule has 31 heavy (non-hydrogen) atoms. The molecule has 0 saturated heterocycles. The number of nitrogens with zero attached hydrogens (tertiary/aromatic N) is 3. The number of guanidine groups is 1. The number of ether oxygens (including phenoxy) is 1. The van der Waals surface area contributed by atoms with Gasteiger partial charge in [0.25, 0.3) is 0 Å². The Balaban J connectivity index is 0.00000272. The highest BCUT2D eigenvalue weighted by atomic mass is 35.5. The lowest BCUT2D eigenvalue weighted by atomic mass is 10.0. The van der Waals surface area contributed by atoms with E-state index in [2.05, 4.69) is 63.4 Å². The van der Waals surface area contributed by atoms with E-state index < -0.39 is 5.66 Å². The molecular formula is C25H27ClN4O. The third-order valence-electron chi connectivity index (χ3n) is 5.10. The molecule has 0 saturated carbocycles. The molecule has 0 spiro atoms. The Kier molecular flexibility index (Phi) is 6.66. The Morgan fingerprint density at radius 2 is 1.48 bits per heavy atom. The molecule has 0 fully saturated rings.